The standard InChI is InChI=1S/C10H17N3O/c1-8(2)13(4-5-14)10-6-9(3)11-7-12-10/h6-8,14H,4-5H2,1-3H3. The Morgan fingerprint density at radius 1 is 1.43 bits per heavy atom. The number of nitrogens with zero attached hydrogens (tertiary/aromatic N) is 3. The molecule has 14 heavy (non-hydrogen) atoms. The topological polar surface area (TPSA) is 49.2 Å². The summed E-state index contributed by atoms with van der Waals surface area (Å²) in [5, 5.41) is 8.93. The summed E-state index contributed by atoms with van der Waals surface area (Å²) in [5.41, 5.74) is 0.943. The van der Waals surface area contributed by atoms with Crippen LogP contribution in [-0.2, 0) is 0 Å². The van der Waals surface area contributed by atoms with E-state index in [4.69, 9.17) is 5.11 Å². The number of aliphatic hydroxyl groups is 1. The first-order valence-electron chi connectivity index (χ1n) is 4.81. The summed E-state index contributed by atoms with van der Waals surface area (Å²) in [5.74, 6) is 0.876. The third-order valence-corrected chi connectivity index (χ3v) is 2.05. The van der Waals surface area contributed by atoms with Gasteiger partial charge in [0.15, 0.2) is 0 Å². The van der Waals surface area contributed by atoms with Crippen molar-refractivity contribution < 1.29 is 5.11 Å². The molecule has 0 aromatic carbocycles. The van der Waals surface area contributed by atoms with E-state index >= 15 is 0 Å². The molecule has 0 aliphatic rings. The van der Waals surface area contributed by atoms with E-state index < -0.39 is 0 Å². The Kier molecular flexibility index (Phi) is 3.83. The lowest BCUT2D eigenvalue weighted by Crippen LogP contribution is -2.34. The van der Waals surface area contributed by atoms with E-state index in [1.54, 1.807) is 6.33 Å². The summed E-state index contributed by atoms with van der Waals surface area (Å²) in [6.45, 7) is 6.83. The lowest BCUT2D eigenvalue weighted by molar-refractivity contribution is 0.298. The zero-order valence-corrected chi connectivity index (χ0v) is 8.94. The molecule has 4 nitrogen and oxygen atoms in total. The molecule has 1 heterocycles. The fraction of sp³-hybridized carbons (Fsp3) is 0.600. The molecule has 0 fully saturated rings. The van der Waals surface area contributed by atoms with Gasteiger partial charge in [-0.25, -0.2) is 9.97 Å². The molecular formula is C10H17N3O. The second-order valence-corrected chi connectivity index (χ2v) is 3.53. The highest BCUT2D eigenvalue weighted by atomic mass is 16.3. The van der Waals surface area contributed by atoms with Crippen molar-refractivity contribution >= 4 is 5.82 Å². The van der Waals surface area contributed by atoms with Gasteiger partial charge in [-0.2, -0.15) is 0 Å². The molecule has 0 atom stereocenters. The fourth-order valence-electron chi connectivity index (χ4n) is 1.34. The van der Waals surface area contributed by atoms with Crippen LogP contribution in [0.25, 0.3) is 0 Å². The Balaban J connectivity index is 2.87. The summed E-state index contributed by atoms with van der Waals surface area (Å²) in [4.78, 5) is 10.3. The minimum absolute atomic E-state index is 0.140. The minimum Gasteiger partial charge on any atom is -0.395 e. The van der Waals surface area contributed by atoms with Crippen LogP contribution in [0.15, 0.2) is 12.4 Å². The van der Waals surface area contributed by atoms with Crippen molar-refractivity contribution in [3.05, 3.63) is 18.1 Å². The Morgan fingerprint density at radius 3 is 2.64 bits per heavy atom. The monoisotopic (exact) mass is 195 g/mol. The van der Waals surface area contributed by atoms with Crippen LogP contribution in [0.5, 0.6) is 0 Å². The Hall–Kier alpha value is -1.16. The molecule has 4 heteroatoms. The zero-order valence-electron chi connectivity index (χ0n) is 8.94. The molecule has 0 spiro atoms. The van der Waals surface area contributed by atoms with E-state index in [-0.39, 0.29) is 6.61 Å². The van der Waals surface area contributed by atoms with Crippen molar-refractivity contribution in [1.82, 2.24) is 9.97 Å². The fourth-order valence-corrected chi connectivity index (χ4v) is 1.34. The Labute approximate surface area is 84.6 Å². The van der Waals surface area contributed by atoms with Gasteiger partial charge in [0.25, 0.3) is 0 Å². The van der Waals surface area contributed by atoms with Gasteiger partial charge >= 0.3 is 0 Å². The van der Waals surface area contributed by atoms with Crippen molar-refractivity contribution in [3.8, 4) is 0 Å². The van der Waals surface area contributed by atoms with Gasteiger partial charge in [-0.15, -0.1) is 0 Å². The summed E-state index contributed by atoms with van der Waals surface area (Å²) in [7, 11) is 0. The van der Waals surface area contributed by atoms with Crippen LogP contribution in [0, 0.1) is 6.92 Å². The predicted octanol–water partition coefficient (Wildman–Crippen LogP) is 0.992. The van der Waals surface area contributed by atoms with Gasteiger partial charge in [-0.3, -0.25) is 0 Å². The van der Waals surface area contributed by atoms with Crippen molar-refractivity contribution in [2.45, 2.75) is 26.8 Å². The molecule has 1 aromatic heterocycles. The number of aryl methyl sites for hydroxylation is 1. The lowest BCUT2D eigenvalue weighted by Gasteiger charge is -2.26. The van der Waals surface area contributed by atoms with Crippen molar-refractivity contribution in [2.75, 3.05) is 18.1 Å². The maximum Gasteiger partial charge on any atom is 0.132 e. The second kappa shape index (κ2) is 4.91. The molecule has 1 rings (SSSR count). The van der Waals surface area contributed by atoms with Gasteiger partial charge in [0, 0.05) is 24.3 Å². The number of rotatable bonds is 4. The molecule has 0 saturated carbocycles. The molecule has 0 unspecified atom stereocenters. The summed E-state index contributed by atoms with van der Waals surface area (Å²) < 4.78 is 0. The number of aromatic nitrogens is 2. The third-order valence-electron chi connectivity index (χ3n) is 2.05. The quantitative estimate of drug-likeness (QED) is 0.778. The zero-order chi connectivity index (χ0) is 10.6. The molecule has 0 bridgehead atoms. The predicted molar refractivity (Wildman–Crippen MR) is 56.3 cm³/mol. The Morgan fingerprint density at radius 2 is 2.14 bits per heavy atom. The second-order valence-electron chi connectivity index (χ2n) is 3.53. The van der Waals surface area contributed by atoms with Gasteiger partial charge in [0.1, 0.15) is 12.1 Å². The summed E-state index contributed by atoms with van der Waals surface area (Å²) in [6.07, 6.45) is 1.55. The molecule has 0 radical (unpaired) electrons. The molecule has 0 amide bonds. The van der Waals surface area contributed by atoms with E-state index in [2.05, 4.69) is 28.7 Å². The van der Waals surface area contributed by atoms with E-state index in [9.17, 15) is 0 Å². The number of aliphatic hydroxyl groups excluding tert-OH is 1. The first-order chi connectivity index (χ1) is 6.65. The van der Waals surface area contributed by atoms with Crippen LogP contribution in [0.2, 0.25) is 0 Å². The largest absolute Gasteiger partial charge is 0.395 e. The molecular weight excluding hydrogens is 178 g/mol. The first-order valence-corrected chi connectivity index (χ1v) is 4.81. The van der Waals surface area contributed by atoms with Gasteiger partial charge in [0.2, 0.25) is 0 Å². The van der Waals surface area contributed by atoms with Crippen LogP contribution in [0.1, 0.15) is 19.5 Å². The van der Waals surface area contributed by atoms with Gasteiger partial charge < -0.3 is 10.0 Å². The molecule has 78 valence electrons. The van der Waals surface area contributed by atoms with Crippen LogP contribution in [0.3, 0.4) is 0 Å². The van der Waals surface area contributed by atoms with E-state index in [1.165, 1.54) is 0 Å². The van der Waals surface area contributed by atoms with Crippen LogP contribution < -0.4 is 4.90 Å². The molecule has 0 saturated heterocycles. The Bertz CT molecular complexity index is 288. The lowest BCUT2D eigenvalue weighted by atomic mass is 10.3. The van der Waals surface area contributed by atoms with Crippen molar-refractivity contribution in [3.63, 3.8) is 0 Å². The van der Waals surface area contributed by atoms with Gasteiger partial charge in [0.05, 0.1) is 6.61 Å². The maximum absolute atomic E-state index is 8.93. The van der Waals surface area contributed by atoms with Crippen molar-refractivity contribution in [2.24, 2.45) is 0 Å². The summed E-state index contributed by atoms with van der Waals surface area (Å²) >= 11 is 0. The third kappa shape index (κ3) is 2.67. The van der Waals surface area contributed by atoms with E-state index in [1.807, 2.05) is 13.0 Å². The first kappa shape index (κ1) is 10.9. The van der Waals surface area contributed by atoms with Crippen LogP contribution in [-0.4, -0.2) is 34.3 Å². The molecule has 1 aromatic rings. The maximum atomic E-state index is 8.93. The highest BCUT2D eigenvalue weighted by Gasteiger charge is 2.10. The number of hydrogen-bond acceptors (Lipinski definition) is 4. The average Bonchev–Trinajstić information content (AvgIpc) is 2.13. The van der Waals surface area contributed by atoms with Crippen LogP contribution >= 0.6 is 0 Å². The molecule has 1 N–H and O–H groups in total. The molecule has 0 aliphatic heterocycles. The SMILES string of the molecule is Cc1cc(N(CCO)C(C)C)ncn1. The van der Waals surface area contributed by atoms with Crippen molar-refractivity contribution in [1.29, 1.82) is 0 Å². The normalized spacial score (nSPS) is 10.6. The summed E-state index contributed by atoms with van der Waals surface area (Å²) in [6, 6.07) is 2.26. The highest BCUT2D eigenvalue weighted by molar-refractivity contribution is 5.39. The van der Waals surface area contributed by atoms with Gasteiger partial charge in [-0.1, -0.05) is 0 Å². The van der Waals surface area contributed by atoms with Gasteiger partial charge in [-0.05, 0) is 20.8 Å². The minimum atomic E-state index is 0.140. The number of hydrogen-bond donors (Lipinski definition) is 1. The van der Waals surface area contributed by atoms with E-state index in [0.29, 0.717) is 12.6 Å². The smallest absolute Gasteiger partial charge is 0.132 e. The highest BCUT2D eigenvalue weighted by Crippen LogP contribution is 2.13. The average molecular weight is 195 g/mol. The van der Waals surface area contributed by atoms with Crippen LogP contribution in [0.4, 0.5) is 5.82 Å². The number of anilines is 1. The van der Waals surface area contributed by atoms with E-state index in [0.717, 1.165) is 11.5 Å². The molecule has 0 aliphatic carbocycles.